The number of pyridine rings is 1. The van der Waals surface area contributed by atoms with E-state index in [1.54, 1.807) is 0 Å². The molecule has 0 saturated carbocycles. The first-order valence-electron chi connectivity index (χ1n) is 10.8. The molecular weight excluding hydrogens is 380 g/mol. The van der Waals surface area contributed by atoms with E-state index in [1.165, 1.54) is 5.56 Å². The Labute approximate surface area is 176 Å². The van der Waals surface area contributed by atoms with Gasteiger partial charge in [0.15, 0.2) is 5.65 Å². The monoisotopic (exact) mass is 408 g/mol. The number of aryl methyl sites for hydroxylation is 1. The molecular formula is C22H28N6O2. The normalized spacial score (nSPS) is 21.7. The molecule has 0 bridgehead atoms. The number of ether oxygens (including phenoxy) is 2. The molecule has 2 aliphatic heterocycles. The molecule has 2 saturated heterocycles. The summed E-state index contributed by atoms with van der Waals surface area (Å²) < 4.78 is 13.5. The molecule has 8 nitrogen and oxygen atoms in total. The number of nitrogens with zero attached hydrogens (tertiary/aromatic N) is 6. The van der Waals surface area contributed by atoms with E-state index < -0.39 is 0 Å². The highest BCUT2D eigenvalue weighted by Crippen LogP contribution is 2.31. The molecule has 5 rings (SSSR count). The molecule has 0 amide bonds. The molecule has 0 radical (unpaired) electrons. The maximum absolute atomic E-state index is 5.97. The Morgan fingerprint density at radius 1 is 1.10 bits per heavy atom. The zero-order valence-corrected chi connectivity index (χ0v) is 17.6. The van der Waals surface area contributed by atoms with Gasteiger partial charge in [-0.2, -0.15) is 0 Å². The van der Waals surface area contributed by atoms with Gasteiger partial charge in [-0.3, -0.25) is 14.5 Å². The van der Waals surface area contributed by atoms with E-state index in [-0.39, 0.29) is 12.3 Å². The predicted octanol–water partition coefficient (Wildman–Crippen LogP) is 3.29. The minimum Gasteiger partial charge on any atom is -0.379 e. The van der Waals surface area contributed by atoms with Gasteiger partial charge in [-0.15, -0.1) is 0 Å². The standard InChI is InChI=1S/C22H28N6O2/c1-15(27-6-9-29-10-7-27)17-11-18(13-23-12-17)20-21-22(26-16(2)25-20)28(14-24-21)19-5-3-4-8-30-19/h11-15,19H,3-10H2,1-2H3. The fourth-order valence-corrected chi connectivity index (χ4v) is 4.37. The van der Waals surface area contributed by atoms with E-state index >= 15 is 0 Å². The van der Waals surface area contributed by atoms with Crippen LogP contribution < -0.4 is 0 Å². The Morgan fingerprint density at radius 3 is 2.77 bits per heavy atom. The quantitative estimate of drug-likeness (QED) is 0.655. The first-order chi connectivity index (χ1) is 14.7. The Balaban J connectivity index is 1.52. The lowest BCUT2D eigenvalue weighted by atomic mass is 10.0. The van der Waals surface area contributed by atoms with E-state index in [0.29, 0.717) is 0 Å². The van der Waals surface area contributed by atoms with Gasteiger partial charge in [0.05, 0.1) is 19.5 Å². The number of hydrogen-bond acceptors (Lipinski definition) is 7. The van der Waals surface area contributed by atoms with Crippen molar-refractivity contribution >= 4 is 11.2 Å². The summed E-state index contributed by atoms with van der Waals surface area (Å²) in [5.74, 6) is 0.724. The molecule has 2 unspecified atom stereocenters. The van der Waals surface area contributed by atoms with Gasteiger partial charge in [0.2, 0.25) is 0 Å². The molecule has 2 fully saturated rings. The molecule has 0 aliphatic carbocycles. The SMILES string of the molecule is Cc1nc(-c2cncc(C(C)N3CCOCC3)c2)c2ncn(C3CCCCO3)c2n1. The summed E-state index contributed by atoms with van der Waals surface area (Å²) >= 11 is 0. The average Bonchev–Trinajstić information content (AvgIpc) is 3.23. The molecule has 3 aromatic rings. The van der Waals surface area contributed by atoms with Crippen LogP contribution in [-0.2, 0) is 9.47 Å². The molecule has 3 aromatic heterocycles. The number of fused-ring (bicyclic) bond motifs is 1. The summed E-state index contributed by atoms with van der Waals surface area (Å²) in [7, 11) is 0. The lowest BCUT2D eigenvalue weighted by Crippen LogP contribution is -2.38. The van der Waals surface area contributed by atoms with Crippen molar-refractivity contribution in [3.05, 3.63) is 36.2 Å². The fraction of sp³-hybridized carbons (Fsp3) is 0.545. The van der Waals surface area contributed by atoms with Crippen molar-refractivity contribution in [3.63, 3.8) is 0 Å². The lowest BCUT2D eigenvalue weighted by Gasteiger charge is -2.32. The minimum atomic E-state index is -0.00305. The van der Waals surface area contributed by atoms with Gasteiger partial charge in [-0.25, -0.2) is 15.0 Å². The van der Waals surface area contributed by atoms with Crippen molar-refractivity contribution in [2.24, 2.45) is 0 Å². The molecule has 0 spiro atoms. The maximum atomic E-state index is 5.97. The Morgan fingerprint density at radius 2 is 1.97 bits per heavy atom. The number of rotatable bonds is 4. The highest BCUT2D eigenvalue weighted by Gasteiger charge is 2.23. The first kappa shape index (κ1) is 19.5. The van der Waals surface area contributed by atoms with Crippen LogP contribution in [0.1, 0.15) is 49.8 Å². The third kappa shape index (κ3) is 3.71. The van der Waals surface area contributed by atoms with Crippen molar-refractivity contribution < 1.29 is 9.47 Å². The number of aromatic nitrogens is 5. The van der Waals surface area contributed by atoms with E-state index in [9.17, 15) is 0 Å². The Bertz CT molecular complexity index is 1020. The summed E-state index contributed by atoms with van der Waals surface area (Å²) in [5.41, 5.74) is 4.60. The molecule has 0 N–H and O–H groups in total. The summed E-state index contributed by atoms with van der Waals surface area (Å²) in [6.07, 6.45) is 8.91. The smallest absolute Gasteiger partial charge is 0.166 e. The van der Waals surface area contributed by atoms with Crippen molar-refractivity contribution in [2.45, 2.75) is 45.4 Å². The van der Waals surface area contributed by atoms with Gasteiger partial charge in [-0.05, 0) is 44.7 Å². The second kappa shape index (κ2) is 8.37. The highest BCUT2D eigenvalue weighted by atomic mass is 16.5. The molecule has 158 valence electrons. The maximum Gasteiger partial charge on any atom is 0.166 e. The summed E-state index contributed by atoms with van der Waals surface area (Å²) in [4.78, 5) is 21.1. The summed E-state index contributed by atoms with van der Waals surface area (Å²) in [5, 5.41) is 0. The highest BCUT2D eigenvalue weighted by molar-refractivity contribution is 5.87. The van der Waals surface area contributed by atoms with Crippen molar-refractivity contribution in [3.8, 4) is 11.3 Å². The van der Waals surface area contributed by atoms with Crippen LogP contribution in [0.15, 0.2) is 24.8 Å². The van der Waals surface area contributed by atoms with Gasteiger partial charge in [-0.1, -0.05) is 0 Å². The van der Waals surface area contributed by atoms with Crippen molar-refractivity contribution in [2.75, 3.05) is 32.9 Å². The number of imidazole rings is 1. The molecule has 8 heteroatoms. The van der Waals surface area contributed by atoms with Crippen LogP contribution in [-0.4, -0.2) is 62.3 Å². The first-order valence-corrected chi connectivity index (χ1v) is 10.8. The van der Waals surface area contributed by atoms with Crippen LogP contribution in [0.3, 0.4) is 0 Å². The summed E-state index contributed by atoms with van der Waals surface area (Å²) in [6, 6.07) is 2.46. The molecule has 0 aromatic carbocycles. The topological polar surface area (TPSA) is 78.2 Å². The third-order valence-corrected chi connectivity index (χ3v) is 6.11. The van der Waals surface area contributed by atoms with Crippen molar-refractivity contribution in [1.29, 1.82) is 0 Å². The molecule has 2 aliphatic rings. The van der Waals surface area contributed by atoms with Gasteiger partial charge in [0, 0.05) is 43.7 Å². The molecule has 2 atom stereocenters. The van der Waals surface area contributed by atoms with E-state index in [2.05, 4.69) is 32.4 Å². The van der Waals surface area contributed by atoms with E-state index in [4.69, 9.17) is 19.4 Å². The third-order valence-electron chi connectivity index (χ3n) is 6.11. The fourth-order valence-electron chi connectivity index (χ4n) is 4.37. The van der Waals surface area contributed by atoms with Crippen LogP contribution in [0.5, 0.6) is 0 Å². The van der Waals surface area contributed by atoms with Gasteiger partial charge in [0.25, 0.3) is 0 Å². The van der Waals surface area contributed by atoms with Gasteiger partial charge < -0.3 is 9.47 Å². The number of hydrogen-bond donors (Lipinski definition) is 0. The second-order valence-corrected chi connectivity index (χ2v) is 8.10. The Kier molecular flexibility index (Phi) is 5.45. The average molecular weight is 409 g/mol. The second-order valence-electron chi connectivity index (χ2n) is 8.10. The minimum absolute atomic E-state index is 0.00305. The van der Waals surface area contributed by atoms with Gasteiger partial charge >= 0.3 is 0 Å². The zero-order chi connectivity index (χ0) is 20.5. The Hall–Kier alpha value is -2.42. The van der Waals surface area contributed by atoms with Crippen LogP contribution >= 0.6 is 0 Å². The summed E-state index contributed by atoms with van der Waals surface area (Å²) in [6.45, 7) is 8.38. The molecule has 30 heavy (non-hydrogen) atoms. The van der Waals surface area contributed by atoms with E-state index in [1.807, 2.05) is 25.6 Å². The predicted molar refractivity (Wildman–Crippen MR) is 113 cm³/mol. The van der Waals surface area contributed by atoms with Gasteiger partial charge in [0.1, 0.15) is 23.3 Å². The largest absolute Gasteiger partial charge is 0.379 e. The van der Waals surface area contributed by atoms with Crippen molar-refractivity contribution in [1.82, 2.24) is 29.4 Å². The molecule has 5 heterocycles. The van der Waals surface area contributed by atoms with Crippen LogP contribution in [0.2, 0.25) is 0 Å². The lowest BCUT2D eigenvalue weighted by molar-refractivity contribution is -0.0298. The zero-order valence-electron chi connectivity index (χ0n) is 17.6. The number of morpholine rings is 1. The van der Waals surface area contributed by atoms with E-state index in [0.717, 1.165) is 80.4 Å². The van der Waals surface area contributed by atoms with Crippen LogP contribution in [0.4, 0.5) is 0 Å². The van der Waals surface area contributed by atoms with Crippen LogP contribution in [0, 0.1) is 6.92 Å². The van der Waals surface area contributed by atoms with Crippen LogP contribution in [0.25, 0.3) is 22.4 Å².